The second-order valence-corrected chi connectivity index (χ2v) is 11.0. The van der Waals surface area contributed by atoms with Crippen molar-refractivity contribution in [1.29, 1.82) is 0 Å². The van der Waals surface area contributed by atoms with Crippen molar-refractivity contribution in [3.8, 4) is 0 Å². The molecule has 0 aliphatic rings. The van der Waals surface area contributed by atoms with Crippen LogP contribution in [0.1, 0.15) is 144 Å². The lowest BCUT2D eigenvalue weighted by atomic mass is 10.1. The van der Waals surface area contributed by atoms with Crippen LogP contribution in [-0.4, -0.2) is 36.0 Å². The number of amides is 2. The van der Waals surface area contributed by atoms with Gasteiger partial charge in [0.05, 0.1) is 6.04 Å². The van der Waals surface area contributed by atoms with Crippen molar-refractivity contribution in [1.82, 2.24) is 10.6 Å². The first-order valence-electron chi connectivity index (χ1n) is 14.6. The van der Waals surface area contributed by atoms with Gasteiger partial charge in [-0.1, -0.05) is 70.4 Å². The van der Waals surface area contributed by atoms with Crippen LogP contribution >= 0.6 is 0 Å². The highest BCUT2D eigenvalue weighted by atomic mass is 16.6. The molecule has 0 heterocycles. The van der Waals surface area contributed by atoms with Crippen LogP contribution in [0.15, 0.2) is 12.2 Å². The lowest BCUT2D eigenvalue weighted by Crippen LogP contribution is -2.42. The number of allylic oxidation sites excluding steroid dienone is 2. The molecule has 0 radical (unpaired) electrons. The molecule has 0 aromatic rings. The molecular weight excluding hydrogens is 452 g/mol. The van der Waals surface area contributed by atoms with Gasteiger partial charge in [-0.25, -0.2) is 4.79 Å². The fourth-order valence-corrected chi connectivity index (χ4v) is 3.97. The van der Waals surface area contributed by atoms with Gasteiger partial charge in [0.1, 0.15) is 5.60 Å². The highest BCUT2D eigenvalue weighted by Gasteiger charge is 2.21. The van der Waals surface area contributed by atoms with Crippen LogP contribution in [0.2, 0.25) is 0 Å². The molecule has 1 unspecified atom stereocenters. The van der Waals surface area contributed by atoms with E-state index >= 15 is 0 Å². The minimum Gasteiger partial charge on any atom is -0.444 e. The summed E-state index contributed by atoms with van der Waals surface area (Å²) in [6.45, 7) is 9.69. The molecule has 1 atom stereocenters. The van der Waals surface area contributed by atoms with Crippen molar-refractivity contribution in [2.45, 2.75) is 155 Å². The fraction of sp³-hybridized carbons (Fsp3) is 0.833. The summed E-state index contributed by atoms with van der Waals surface area (Å²) in [5, 5.41) is 5.60. The first-order valence-corrected chi connectivity index (χ1v) is 14.6. The summed E-state index contributed by atoms with van der Waals surface area (Å²) >= 11 is 0. The van der Waals surface area contributed by atoms with Gasteiger partial charge < -0.3 is 15.4 Å². The smallest absolute Gasteiger partial charge is 0.408 e. The zero-order chi connectivity index (χ0) is 27.1. The van der Waals surface area contributed by atoms with E-state index in [1.165, 1.54) is 77.6 Å². The monoisotopic (exact) mass is 508 g/mol. The molecule has 0 aromatic carbocycles. The average Bonchev–Trinajstić information content (AvgIpc) is 2.79. The maximum absolute atomic E-state index is 12.0. The molecule has 0 spiro atoms. The summed E-state index contributed by atoms with van der Waals surface area (Å²) < 4.78 is 5.22. The minimum atomic E-state index is -0.597. The van der Waals surface area contributed by atoms with E-state index in [-0.39, 0.29) is 11.7 Å². The third-order valence-electron chi connectivity index (χ3n) is 6.09. The van der Waals surface area contributed by atoms with Crippen LogP contribution in [0, 0.1) is 0 Å². The fourth-order valence-electron chi connectivity index (χ4n) is 3.97. The molecule has 2 amide bonds. The maximum atomic E-state index is 12.0. The quantitative estimate of drug-likeness (QED) is 0.115. The summed E-state index contributed by atoms with van der Waals surface area (Å²) in [7, 11) is 0. The van der Waals surface area contributed by atoms with Crippen LogP contribution in [-0.2, 0) is 14.3 Å². The number of hydrogen-bond donors (Lipinski definition) is 2. The molecule has 6 heteroatoms. The maximum Gasteiger partial charge on any atom is 0.408 e. The van der Waals surface area contributed by atoms with Gasteiger partial charge in [0.2, 0.25) is 5.91 Å². The second kappa shape index (κ2) is 22.4. The van der Waals surface area contributed by atoms with Crippen molar-refractivity contribution in [2.24, 2.45) is 0 Å². The summed E-state index contributed by atoms with van der Waals surface area (Å²) in [4.78, 5) is 35.7. The third kappa shape index (κ3) is 23.9. The first kappa shape index (κ1) is 34.1. The normalized spacial score (nSPS) is 12.5. The van der Waals surface area contributed by atoms with Gasteiger partial charge in [-0.05, 0) is 79.1 Å². The van der Waals surface area contributed by atoms with Gasteiger partial charge in [0.15, 0.2) is 5.78 Å². The van der Waals surface area contributed by atoms with Crippen LogP contribution in [0.3, 0.4) is 0 Å². The predicted octanol–water partition coefficient (Wildman–Crippen LogP) is 7.79. The number of carbonyl (C=O) groups excluding carboxylic acids is 3. The Kier molecular flexibility index (Phi) is 21.2. The topological polar surface area (TPSA) is 84.5 Å². The Hall–Kier alpha value is -1.85. The number of Topliss-reactive ketones (excluding diaryl/α,β-unsaturated/α-hetero) is 1. The summed E-state index contributed by atoms with van der Waals surface area (Å²) in [6, 6.07) is -0.550. The lowest BCUT2D eigenvalue weighted by Gasteiger charge is -2.22. The number of alkyl carbamates (subject to hydrolysis) is 1. The van der Waals surface area contributed by atoms with Crippen molar-refractivity contribution >= 4 is 17.8 Å². The molecule has 0 aliphatic carbocycles. The zero-order valence-electron chi connectivity index (χ0n) is 24.1. The molecule has 0 bridgehead atoms. The van der Waals surface area contributed by atoms with E-state index in [2.05, 4.69) is 29.7 Å². The van der Waals surface area contributed by atoms with E-state index in [0.29, 0.717) is 19.4 Å². The van der Waals surface area contributed by atoms with Crippen molar-refractivity contribution in [2.75, 3.05) is 6.54 Å². The summed E-state index contributed by atoms with van der Waals surface area (Å²) in [5.74, 6) is 0.0108. The highest BCUT2D eigenvalue weighted by molar-refractivity contribution is 5.85. The van der Waals surface area contributed by atoms with E-state index < -0.39 is 17.7 Å². The zero-order valence-corrected chi connectivity index (χ0v) is 24.1. The standard InChI is InChI=1S/C30H56N2O4/c1-6-7-8-9-10-11-12-13-14-15-16-17-18-19-20-24-28(34)31-25-22-21-23-27(26(2)33)32-29(35)36-30(3,4)5/h13-14,27H,6-12,15-25H2,1-5H3,(H,31,34)(H,32,35)/b14-13-. The van der Waals surface area contributed by atoms with Gasteiger partial charge in [0, 0.05) is 13.0 Å². The van der Waals surface area contributed by atoms with Gasteiger partial charge in [-0.3, -0.25) is 9.59 Å². The first-order chi connectivity index (χ1) is 17.2. The number of ketones is 1. The molecule has 0 saturated carbocycles. The molecule has 36 heavy (non-hydrogen) atoms. The summed E-state index contributed by atoms with van der Waals surface area (Å²) in [6.07, 6.45) is 23.0. The van der Waals surface area contributed by atoms with Crippen LogP contribution in [0.4, 0.5) is 4.79 Å². The lowest BCUT2D eigenvalue weighted by molar-refractivity contribution is -0.121. The number of hydrogen-bond acceptors (Lipinski definition) is 4. The van der Waals surface area contributed by atoms with E-state index in [1.54, 1.807) is 20.8 Å². The van der Waals surface area contributed by atoms with Gasteiger partial charge in [-0.2, -0.15) is 0 Å². The van der Waals surface area contributed by atoms with E-state index in [9.17, 15) is 14.4 Å². The van der Waals surface area contributed by atoms with Crippen LogP contribution in [0.25, 0.3) is 0 Å². The number of unbranched alkanes of at least 4 members (excludes halogenated alkanes) is 12. The molecule has 210 valence electrons. The molecule has 6 nitrogen and oxygen atoms in total. The third-order valence-corrected chi connectivity index (χ3v) is 6.09. The highest BCUT2D eigenvalue weighted by Crippen LogP contribution is 2.11. The van der Waals surface area contributed by atoms with E-state index in [1.807, 2.05) is 0 Å². The van der Waals surface area contributed by atoms with Gasteiger partial charge >= 0.3 is 6.09 Å². The second-order valence-electron chi connectivity index (χ2n) is 11.0. The van der Waals surface area contributed by atoms with Crippen LogP contribution in [0.5, 0.6) is 0 Å². The minimum absolute atomic E-state index is 0.0888. The Bertz CT molecular complexity index is 611. The predicted molar refractivity (Wildman–Crippen MR) is 150 cm³/mol. The van der Waals surface area contributed by atoms with Gasteiger partial charge in [0.25, 0.3) is 0 Å². The van der Waals surface area contributed by atoms with Crippen LogP contribution < -0.4 is 10.6 Å². The summed E-state index contributed by atoms with van der Waals surface area (Å²) in [5.41, 5.74) is -0.597. The molecule has 0 aliphatic heterocycles. The Morgan fingerprint density at radius 2 is 1.33 bits per heavy atom. The molecule has 0 saturated heterocycles. The number of nitrogens with one attached hydrogen (secondary N) is 2. The molecule has 0 fully saturated rings. The Morgan fingerprint density at radius 3 is 1.89 bits per heavy atom. The van der Waals surface area contributed by atoms with Crippen molar-refractivity contribution < 1.29 is 19.1 Å². The van der Waals surface area contributed by atoms with E-state index in [0.717, 1.165) is 25.7 Å². The SMILES string of the molecule is CCCCCCCC/C=C\CCCCCCCC(=O)NCCCCC(NC(=O)OC(C)(C)C)C(C)=O. The molecular formula is C30H56N2O4. The Labute approximate surface area is 221 Å². The number of rotatable bonds is 22. The van der Waals surface area contributed by atoms with E-state index in [4.69, 9.17) is 4.74 Å². The Balaban J connectivity index is 3.62. The molecule has 0 aromatic heterocycles. The molecule has 2 N–H and O–H groups in total. The largest absolute Gasteiger partial charge is 0.444 e. The average molecular weight is 509 g/mol. The van der Waals surface area contributed by atoms with Crippen molar-refractivity contribution in [3.05, 3.63) is 12.2 Å². The van der Waals surface area contributed by atoms with Gasteiger partial charge in [-0.15, -0.1) is 0 Å². The number of carbonyl (C=O) groups is 3. The van der Waals surface area contributed by atoms with Crippen molar-refractivity contribution in [3.63, 3.8) is 0 Å². The Morgan fingerprint density at radius 1 is 0.778 bits per heavy atom. The molecule has 0 rings (SSSR count). The number of ether oxygens (including phenoxy) is 1.